The van der Waals surface area contributed by atoms with E-state index in [0.717, 1.165) is 36.6 Å². The lowest BCUT2D eigenvalue weighted by Crippen LogP contribution is -2.47. The summed E-state index contributed by atoms with van der Waals surface area (Å²) in [6.07, 6.45) is 44.6. The van der Waals surface area contributed by atoms with E-state index in [1.807, 2.05) is 18.2 Å². The molecule has 8 nitrogen and oxygen atoms in total. The Balaban J connectivity index is 1.63. The van der Waals surface area contributed by atoms with Crippen LogP contribution in [-0.2, 0) is 20.8 Å². The third kappa shape index (κ3) is 29.0. The Morgan fingerprint density at radius 3 is 1.41 bits per heavy atom. The summed E-state index contributed by atoms with van der Waals surface area (Å²) in [5, 5.41) is 20.1. The predicted octanol–water partition coefficient (Wildman–Crippen LogP) is 13.9. The second-order valence-electron chi connectivity index (χ2n) is 18.0. The molecule has 1 aromatic carbocycles. The highest BCUT2D eigenvalue weighted by Crippen LogP contribution is 2.26. The summed E-state index contributed by atoms with van der Waals surface area (Å²) in [7, 11) is 0. The van der Waals surface area contributed by atoms with Crippen LogP contribution in [0.2, 0.25) is 0 Å². The highest BCUT2D eigenvalue weighted by atomic mass is 16.3. The van der Waals surface area contributed by atoms with E-state index in [4.69, 9.17) is 0 Å². The number of fused-ring (bicyclic) bond motifs is 1. The maximum Gasteiger partial charge on any atom is 0.242 e. The van der Waals surface area contributed by atoms with Gasteiger partial charge in [-0.1, -0.05) is 219 Å². The summed E-state index contributed by atoms with van der Waals surface area (Å²) in [6.45, 7) is 5.77. The van der Waals surface area contributed by atoms with Gasteiger partial charge in [0.2, 0.25) is 17.7 Å². The third-order valence-corrected chi connectivity index (χ3v) is 12.5. The highest BCUT2D eigenvalue weighted by molar-refractivity contribution is 5.90. The summed E-state index contributed by atoms with van der Waals surface area (Å²) >= 11 is 0. The summed E-state index contributed by atoms with van der Waals surface area (Å²) in [5.74, 6) is -0.424. The van der Waals surface area contributed by atoms with E-state index in [1.165, 1.54) is 180 Å². The molecule has 0 unspecified atom stereocenters. The molecule has 1 aromatic heterocycles. The van der Waals surface area contributed by atoms with Crippen LogP contribution in [0.1, 0.15) is 244 Å². The van der Waals surface area contributed by atoms with Crippen LogP contribution in [0.4, 0.5) is 0 Å². The number of aryl methyl sites for hydroxylation is 1. The fourth-order valence-corrected chi connectivity index (χ4v) is 8.49. The van der Waals surface area contributed by atoms with Gasteiger partial charge in [-0.25, -0.2) is 0 Å². The van der Waals surface area contributed by atoms with Crippen molar-refractivity contribution >= 4 is 28.6 Å². The van der Waals surface area contributed by atoms with Gasteiger partial charge in [0.05, 0.1) is 0 Å². The fourth-order valence-electron chi connectivity index (χ4n) is 8.49. The van der Waals surface area contributed by atoms with Crippen molar-refractivity contribution in [3.8, 4) is 5.75 Å². The number of carbonyl (C=O) groups excluding carboxylic acids is 3. The largest absolute Gasteiger partial charge is 0.506 e. The molecule has 61 heavy (non-hydrogen) atoms. The quantitative estimate of drug-likeness (QED) is 0.0496. The molecule has 0 aliphatic rings. The van der Waals surface area contributed by atoms with Crippen LogP contribution in [0, 0.1) is 0 Å². The highest BCUT2D eigenvalue weighted by Gasteiger charge is 2.22. The zero-order valence-electron chi connectivity index (χ0n) is 39.5. The molecule has 0 aliphatic heterocycles. The first-order valence-corrected chi connectivity index (χ1v) is 25.9. The number of nitrogens with zero attached hydrogens (tertiary/aromatic N) is 1. The summed E-state index contributed by atoms with van der Waals surface area (Å²) in [4.78, 5) is 43.7. The molecular formula is C53H92N4O4. The number of benzene rings is 1. The van der Waals surface area contributed by atoms with Gasteiger partial charge in [-0.05, 0) is 43.4 Å². The number of unbranched alkanes of at least 4 members (excludes halogenated alkanes) is 30. The number of nitrogens with one attached hydrogen (secondary N) is 3. The molecule has 348 valence electrons. The molecule has 2 rings (SSSR count). The van der Waals surface area contributed by atoms with Crippen molar-refractivity contribution in [2.45, 2.75) is 251 Å². The van der Waals surface area contributed by atoms with Crippen LogP contribution >= 0.6 is 0 Å². The minimum absolute atomic E-state index is 0.0751. The molecule has 1 atom stereocenters. The van der Waals surface area contributed by atoms with E-state index in [9.17, 15) is 19.5 Å². The van der Waals surface area contributed by atoms with Gasteiger partial charge in [-0.15, -0.1) is 0 Å². The molecule has 3 amide bonds. The van der Waals surface area contributed by atoms with Gasteiger partial charge < -0.3 is 21.1 Å². The van der Waals surface area contributed by atoms with Crippen molar-refractivity contribution in [3.63, 3.8) is 0 Å². The lowest BCUT2D eigenvalue weighted by atomic mass is 10.0. The topological polar surface area (TPSA) is 120 Å². The Morgan fingerprint density at radius 2 is 0.951 bits per heavy atom. The number of hydrogen-bond donors (Lipinski definition) is 4. The minimum atomic E-state index is -0.770. The standard InChI is InChI=1S/C53H92N4O4/c1-3-5-7-9-11-13-15-17-19-21-23-25-27-29-31-33-43-54-50(59)42-39-48(57-51(60)41-38-46-37-40-49(58)52-47(46)36-35-45-55-52)53(61)56-44-34-32-30-28-26-24-22-20-18-16-14-12-10-8-6-4-2/h35-37,40,45,48,58H,3-34,38-39,41-44H2,1-2H3,(H,54,59)(H,56,61)(H,57,60)/t48-/m0/s1. The number of carbonyl (C=O) groups is 3. The lowest BCUT2D eigenvalue weighted by molar-refractivity contribution is -0.129. The maximum absolute atomic E-state index is 13.4. The van der Waals surface area contributed by atoms with Crippen LogP contribution in [0.15, 0.2) is 30.5 Å². The molecular weight excluding hydrogens is 757 g/mol. The van der Waals surface area contributed by atoms with Crippen LogP contribution in [0.5, 0.6) is 5.75 Å². The van der Waals surface area contributed by atoms with Crippen molar-refractivity contribution in [3.05, 3.63) is 36.0 Å². The van der Waals surface area contributed by atoms with E-state index in [1.54, 1.807) is 12.3 Å². The second-order valence-corrected chi connectivity index (χ2v) is 18.0. The normalized spacial score (nSPS) is 11.8. The molecule has 8 heteroatoms. The Bertz CT molecular complexity index is 1380. The van der Waals surface area contributed by atoms with E-state index in [2.05, 4.69) is 34.8 Å². The van der Waals surface area contributed by atoms with Gasteiger partial charge in [-0.2, -0.15) is 0 Å². The van der Waals surface area contributed by atoms with Crippen LogP contribution in [0.3, 0.4) is 0 Å². The number of phenols is 1. The second kappa shape index (κ2) is 38.5. The first-order valence-electron chi connectivity index (χ1n) is 25.9. The fraction of sp³-hybridized carbons (Fsp3) is 0.774. The molecule has 0 saturated heterocycles. The number of aromatic nitrogens is 1. The molecule has 1 heterocycles. The summed E-state index contributed by atoms with van der Waals surface area (Å²) in [5.41, 5.74) is 1.42. The van der Waals surface area contributed by atoms with E-state index >= 15 is 0 Å². The maximum atomic E-state index is 13.4. The zero-order valence-corrected chi connectivity index (χ0v) is 39.5. The molecule has 4 N–H and O–H groups in total. The smallest absolute Gasteiger partial charge is 0.242 e. The molecule has 0 radical (unpaired) electrons. The Kier molecular flexibility index (Phi) is 34.1. The SMILES string of the molecule is CCCCCCCCCCCCCCCCCCNC(=O)CC[C@H](NC(=O)CCc1ccc(O)c2ncccc12)C(=O)NCCCCCCCCCCCCCCCCCC. The Hall–Kier alpha value is -3.16. The van der Waals surface area contributed by atoms with Gasteiger partial charge in [0, 0.05) is 37.5 Å². The van der Waals surface area contributed by atoms with Crippen LogP contribution in [-0.4, -0.2) is 46.9 Å². The first-order chi connectivity index (χ1) is 30.0. The molecule has 0 bridgehead atoms. The van der Waals surface area contributed by atoms with Crippen LogP contribution in [0.25, 0.3) is 10.9 Å². The number of phenolic OH excluding ortho intramolecular Hbond substituents is 1. The number of aromatic hydroxyl groups is 1. The van der Waals surface area contributed by atoms with Crippen molar-refractivity contribution < 1.29 is 19.5 Å². The lowest BCUT2D eigenvalue weighted by Gasteiger charge is -2.19. The number of pyridine rings is 1. The van der Waals surface area contributed by atoms with E-state index in [0.29, 0.717) is 25.0 Å². The van der Waals surface area contributed by atoms with Gasteiger partial charge in [-0.3, -0.25) is 19.4 Å². The van der Waals surface area contributed by atoms with Gasteiger partial charge >= 0.3 is 0 Å². The zero-order chi connectivity index (χ0) is 43.9. The average Bonchev–Trinajstić information content (AvgIpc) is 3.27. The Morgan fingerprint density at radius 1 is 0.525 bits per heavy atom. The van der Waals surface area contributed by atoms with Gasteiger partial charge in [0.25, 0.3) is 0 Å². The predicted molar refractivity (Wildman–Crippen MR) is 258 cm³/mol. The minimum Gasteiger partial charge on any atom is -0.506 e. The monoisotopic (exact) mass is 849 g/mol. The van der Waals surface area contributed by atoms with E-state index < -0.39 is 6.04 Å². The summed E-state index contributed by atoms with van der Waals surface area (Å²) in [6, 6.07) is 6.36. The van der Waals surface area contributed by atoms with Crippen molar-refractivity contribution in [2.75, 3.05) is 13.1 Å². The number of hydrogen-bond acceptors (Lipinski definition) is 5. The average molecular weight is 849 g/mol. The van der Waals surface area contributed by atoms with Crippen molar-refractivity contribution in [2.24, 2.45) is 0 Å². The molecule has 0 saturated carbocycles. The van der Waals surface area contributed by atoms with Crippen molar-refractivity contribution in [1.29, 1.82) is 0 Å². The van der Waals surface area contributed by atoms with Gasteiger partial charge in [0.15, 0.2) is 0 Å². The van der Waals surface area contributed by atoms with E-state index in [-0.39, 0.29) is 42.7 Å². The first kappa shape index (κ1) is 54.0. The van der Waals surface area contributed by atoms with Crippen molar-refractivity contribution in [1.82, 2.24) is 20.9 Å². The number of rotatable bonds is 42. The molecule has 0 fully saturated rings. The molecule has 2 aromatic rings. The Labute approximate surface area is 373 Å². The number of amides is 3. The molecule has 0 aliphatic carbocycles. The van der Waals surface area contributed by atoms with Crippen LogP contribution < -0.4 is 16.0 Å². The third-order valence-electron chi connectivity index (χ3n) is 12.5. The van der Waals surface area contributed by atoms with Gasteiger partial charge in [0.1, 0.15) is 17.3 Å². The summed E-state index contributed by atoms with van der Waals surface area (Å²) < 4.78 is 0. The molecule has 0 spiro atoms.